The highest BCUT2D eigenvalue weighted by atomic mass is 19.4. The minimum atomic E-state index is -4.76. The topological polar surface area (TPSA) is 70.1 Å². The van der Waals surface area contributed by atoms with Crippen LogP contribution >= 0.6 is 0 Å². The minimum absolute atomic E-state index is 0.0906. The number of alkyl halides is 6. The number of nitrogen functional groups attached to an aromatic ring is 1. The molecule has 0 spiro atoms. The van der Waals surface area contributed by atoms with Gasteiger partial charge in [0.25, 0.3) is 0 Å². The monoisotopic (exact) mass is 305 g/mol. The van der Waals surface area contributed by atoms with Gasteiger partial charge in [-0.05, 0) is 0 Å². The van der Waals surface area contributed by atoms with Crippen LogP contribution in [-0.2, 0) is 17.7 Å². The van der Waals surface area contributed by atoms with Crippen molar-refractivity contribution in [3.05, 3.63) is 11.3 Å². The number of anilines is 1. The maximum Gasteiger partial charge on any atom is 0.408 e. The van der Waals surface area contributed by atoms with E-state index in [9.17, 15) is 31.1 Å². The molecule has 1 rings (SSSR count). The van der Waals surface area contributed by atoms with Gasteiger partial charge in [0.2, 0.25) is 0 Å². The van der Waals surface area contributed by atoms with Crippen LogP contribution in [0.3, 0.4) is 0 Å². The Bertz CT molecular complexity index is 505. The van der Waals surface area contributed by atoms with Crippen LogP contribution in [0.5, 0.6) is 0 Å². The number of carbonyl (C=O) groups excluding carboxylic acids is 1. The molecule has 0 aliphatic heterocycles. The number of hydrogen-bond acceptors (Lipinski definition) is 4. The molecule has 0 saturated carbocycles. The number of rotatable bonds is 3. The number of nitrogens with two attached hydrogens (primary N) is 1. The van der Waals surface area contributed by atoms with E-state index in [0.29, 0.717) is 0 Å². The summed E-state index contributed by atoms with van der Waals surface area (Å²) in [6.45, 7) is -1.71. The van der Waals surface area contributed by atoms with Crippen molar-refractivity contribution >= 4 is 11.8 Å². The number of hydrogen-bond donors (Lipinski definition) is 1. The molecule has 0 bridgehead atoms. The smallest absolute Gasteiger partial charge is 0.408 e. The van der Waals surface area contributed by atoms with Crippen LogP contribution in [0.25, 0.3) is 0 Å². The molecule has 0 saturated heterocycles. The second kappa shape index (κ2) is 5.21. The highest BCUT2D eigenvalue weighted by molar-refractivity contribution is 5.90. The Hall–Kier alpha value is -1.94. The van der Waals surface area contributed by atoms with Gasteiger partial charge >= 0.3 is 18.3 Å². The van der Waals surface area contributed by atoms with E-state index in [1.165, 1.54) is 0 Å². The molecule has 0 aromatic carbocycles. The lowest BCUT2D eigenvalue weighted by Gasteiger charge is -2.09. The summed E-state index contributed by atoms with van der Waals surface area (Å²) in [5.74, 6) is -2.17. The Kier molecular flexibility index (Phi) is 4.20. The van der Waals surface area contributed by atoms with Gasteiger partial charge < -0.3 is 10.5 Å². The fraction of sp³-hybridized carbons (Fsp3) is 0.556. The van der Waals surface area contributed by atoms with Crippen molar-refractivity contribution in [2.75, 3.05) is 12.8 Å². The Morgan fingerprint density at radius 3 is 2.20 bits per heavy atom. The molecule has 0 aliphatic rings. The average molecular weight is 305 g/mol. The van der Waals surface area contributed by atoms with Gasteiger partial charge in [-0.1, -0.05) is 0 Å². The third kappa shape index (κ3) is 4.03. The molecule has 5 nitrogen and oxygen atoms in total. The first-order valence-corrected chi connectivity index (χ1v) is 5.01. The first kappa shape index (κ1) is 16.1. The molecule has 1 heterocycles. The fourth-order valence-corrected chi connectivity index (χ4v) is 1.44. The predicted molar refractivity (Wildman–Crippen MR) is 53.8 cm³/mol. The van der Waals surface area contributed by atoms with Gasteiger partial charge in [-0.2, -0.15) is 31.4 Å². The second-order valence-corrected chi connectivity index (χ2v) is 3.77. The molecule has 0 unspecified atom stereocenters. The van der Waals surface area contributed by atoms with Gasteiger partial charge in [0.05, 0.1) is 13.5 Å². The minimum Gasteiger partial charge on any atom is -0.464 e. The molecule has 20 heavy (non-hydrogen) atoms. The molecule has 1 aromatic heterocycles. The summed E-state index contributed by atoms with van der Waals surface area (Å²) in [7, 11) is 0.860. The average Bonchev–Trinajstić information content (AvgIpc) is 2.53. The van der Waals surface area contributed by atoms with Crippen molar-refractivity contribution in [2.45, 2.75) is 25.3 Å². The number of halogens is 6. The maximum atomic E-state index is 12.3. The van der Waals surface area contributed by atoms with Crippen molar-refractivity contribution in [2.24, 2.45) is 0 Å². The van der Waals surface area contributed by atoms with E-state index >= 15 is 0 Å². The van der Waals surface area contributed by atoms with Crippen LogP contribution < -0.4 is 5.73 Å². The molecular weight excluding hydrogens is 296 g/mol. The molecule has 0 radical (unpaired) electrons. The summed E-state index contributed by atoms with van der Waals surface area (Å²) in [4.78, 5) is 11.2. The molecule has 0 fully saturated rings. The summed E-state index contributed by atoms with van der Waals surface area (Å²) in [5.41, 5.74) is 3.48. The van der Waals surface area contributed by atoms with Crippen molar-refractivity contribution < 1.29 is 35.9 Å². The highest BCUT2D eigenvalue weighted by Gasteiger charge is 2.36. The van der Waals surface area contributed by atoms with Crippen LogP contribution in [-0.4, -0.2) is 35.2 Å². The summed E-state index contributed by atoms with van der Waals surface area (Å²) in [6.07, 6.45) is -11.2. The van der Waals surface area contributed by atoms with Gasteiger partial charge in [-0.15, -0.1) is 0 Å². The van der Waals surface area contributed by atoms with E-state index in [-0.39, 0.29) is 4.68 Å². The van der Waals surface area contributed by atoms with Gasteiger partial charge in [0.1, 0.15) is 12.4 Å². The van der Waals surface area contributed by atoms with Gasteiger partial charge in [0.15, 0.2) is 5.69 Å². The molecular formula is C9H9F6N3O2. The first-order chi connectivity index (χ1) is 8.94. The number of esters is 1. The van der Waals surface area contributed by atoms with Crippen molar-refractivity contribution in [1.29, 1.82) is 0 Å². The molecule has 11 heteroatoms. The maximum absolute atomic E-state index is 12.3. The van der Waals surface area contributed by atoms with E-state index in [2.05, 4.69) is 9.84 Å². The van der Waals surface area contributed by atoms with Crippen LogP contribution in [0.15, 0.2) is 0 Å². The van der Waals surface area contributed by atoms with E-state index in [0.717, 1.165) is 7.11 Å². The van der Waals surface area contributed by atoms with Crippen molar-refractivity contribution in [1.82, 2.24) is 9.78 Å². The predicted octanol–water partition coefficient (Wildman–Crippen LogP) is 1.92. The Balaban J connectivity index is 3.28. The highest BCUT2D eigenvalue weighted by Crippen LogP contribution is 2.29. The van der Waals surface area contributed by atoms with E-state index < -0.39 is 48.4 Å². The zero-order valence-corrected chi connectivity index (χ0v) is 9.97. The zero-order chi connectivity index (χ0) is 15.7. The van der Waals surface area contributed by atoms with Gasteiger partial charge in [-0.3, -0.25) is 0 Å². The second-order valence-electron chi connectivity index (χ2n) is 3.77. The number of nitrogens with zero attached hydrogens (tertiary/aromatic N) is 2. The van der Waals surface area contributed by atoms with E-state index in [1.807, 2.05) is 0 Å². The molecule has 0 atom stereocenters. The third-order valence-corrected chi connectivity index (χ3v) is 2.18. The van der Waals surface area contributed by atoms with Gasteiger partial charge in [-0.25, -0.2) is 9.48 Å². The van der Waals surface area contributed by atoms with Crippen LogP contribution in [0, 0.1) is 0 Å². The Morgan fingerprint density at radius 2 is 1.80 bits per heavy atom. The molecule has 114 valence electrons. The summed E-state index contributed by atoms with van der Waals surface area (Å²) >= 11 is 0. The van der Waals surface area contributed by atoms with Crippen molar-refractivity contribution in [3.63, 3.8) is 0 Å². The van der Waals surface area contributed by atoms with Gasteiger partial charge in [0, 0.05) is 5.56 Å². The zero-order valence-electron chi connectivity index (χ0n) is 9.97. The van der Waals surface area contributed by atoms with E-state index in [1.54, 1.807) is 0 Å². The van der Waals surface area contributed by atoms with Crippen LogP contribution in [0.2, 0.25) is 0 Å². The Morgan fingerprint density at radius 1 is 1.25 bits per heavy atom. The summed E-state index contributed by atoms with van der Waals surface area (Å²) in [5, 5.41) is 3.15. The molecule has 0 aliphatic carbocycles. The first-order valence-electron chi connectivity index (χ1n) is 5.01. The summed E-state index contributed by atoms with van der Waals surface area (Å²) < 4.78 is 78.0. The molecule has 1 aromatic rings. The lowest BCUT2D eigenvalue weighted by Crippen LogP contribution is -2.20. The number of carbonyl (C=O) groups is 1. The normalized spacial score (nSPS) is 12.6. The standard InChI is InChI=1S/C9H9F6N3O2/c1-20-7(19)5-4(2-8(10,11)12)6(16)18(17-5)3-9(13,14)15/h2-3,16H2,1H3. The Labute approximate surface area is 108 Å². The van der Waals surface area contributed by atoms with Crippen molar-refractivity contribution in [3.8, 4) is 0 Å². The lowest BCUT2D eigenvalue weighted by atomic mass is 10.1. The summed E-state index contributed by atoms with van der Waals surface area (Å²) in [6, 6.07) is 0. The number of ether oxygens (including phenoxy) is 1. The number of methoxy groups -OCH3 is 1. The quantitative estimate of drug-likeness (QED) is 0.684. The lowest BCUT2D eigenvalue weighted by molar-refractivity contribution is -0.142. The van der Waals surface area contributed by atoms with E-state index in [4.69, 9.17) is 5.73 Å². The van der Waals surface area contributed by atoms with Crippen LogP contribution in [0.4, 0.5) is 32.2 Å². The number of aromatic nitrogens is 2. The molecule has 0 amide bonds. The third-order valence-electron chi connectivity index (χ3n) is 2.18. The molecule has 2 N–H and O–H groups in total. The SMILES string of the molecule is COC(=O)c1nn(CC(F)(F)F)c(N)c1CC(F)(F)F. The fourth-order valence-electron chi connectivity index (χ4n) is 1.44. The largest absolute Gasteiger partial charge is 0.464 e. The van der Waals surface area contributed by atoms with Crippen LogP contribution in [0.1, 0.15) is 16.1 Å².